The monoisotopic (exact) mass is 268 g/mol. The van der Waals surface area contributed by atoms with Crippen LogP contribution < -0.4 is 5.32 Å². The van der Waals surface area contributed by atoms with Crippen LogP contribution in [0.15, 0.2) is 30.7 Å². The van der Waals surface area contributed by atoms with Crippen LogP contribution in [0.1, 0.15) is 37.1 Å². The molecule has 0 amide bonds. The summed E-state index contributed by atoms with van der Waals surface area (Å²) < 4.78 is 0. The Kier molecular flexibility index (Phi) is 3.74. The van der Waals surface area contributed by atoms with Crippen LogP contribution in [-0.2, 0) is 0 Å². The Hall–Kier alpha value is -1.81. The fourth-order valence-corrected chi connectivity index (χ4v) is 2.32. The zero-order valence-electron chi connectivity index (χ0n) is 12.0. The molecular formula is C16H20N4. The fraction of sp³-hybridized carbons (Fsp3) is 0.438. The van der Waals surface area contributed by atoms with Gasteiger partial charge < -0.3 is 5.32 Å². The number of pyridine rings is 1. The third kappa shape index (κ3) is 3.02. The van der Waals surface area contributed by atoms with Crippen molar-refractivity contribution in [2.24, 2.45) is 5.92 Å². The van der Waals surface area contributed by atoms with Crippen molar-refractivity contribution >= 4 is 0 Å². The molecule has 0 spiro atoms. The van der Waals surface area contributed by atoms with Crippen molar-refractivity contribution in [3.63, 3.8) is 0 Å². The molecule has 1 fully saturated rings. The maximum absolute atomic E-state index is 4.63. The first-order valence-electron chi connectivity index (χ1n) is 7.21. The third-order valence-electron chi connectivity index (χ3n) is 3.83. The van der Waals surface area contributed by atoms with E-state index in [9.17, 15) is 0 Å². The second-order valence-corrected chi connectivity index (χ2v) is 5.54. The minimum atomic E-state index is 0.307. The zero-order chi connectivity index (χ0) is 13.9. The summed E-state index contributed by atoms with van der Waals surface area (Å²) >= 11 is 0. The van der Waals surface area contributed by atoms with E-state index < -0.39 is 0 Å². The highest BCUT2D eigenvalue weighted by molar-refractivity contribution is 5.53. The lowest BCUT2D eigenvalue weighted by Gasteiger charge is -2.16. The van der Waals surface area contributed by atoms with Crippen LogP contribution >= 0.6 is 0 Å². The molecule has 0 aromatic carbocycles. The number of hydrogen-bond acceptors (Lipinski definition) is 4. The summed E-state index contributed by atoms with van der Waals surface area (Å²) in [6.07, 6.45) is 8.22. The van der Waals surface area contributed by atoms with Gasteiger partial charge in [0, 0.05) is 41.5 Å². The maximum Gasteiger partial charge on any atom is 0.159 e. The summed E-state index contributed by atoms with van der Waals surface area (Å²) in [4.78, 5) is 13.1. The van der Waals surface area contributed by atoms with Gasteiger partial charge >= 0.3 is 0 Å². The Morgan fingerprint density at radius 3 is 2.70 bits per heavy atom. The summed E-state index contributed by atoms with van der Waals surface area (Å²) in [5.41, 5.74) is 3.24. The molecule has 0 unspecified atom stereocenters. The van der Waals surface area contributed by atoms with Crippen LogP contribution in [-0.4, -0.2) is 21.5 Å². The quantitative estimate of drug-likeness (QED) is 0.906. The van der Waals surface area contributed by atoms with Crippen molar-refractivity contribution < 1.29 is 0 Å². The van der Waals surface area contributed by atoms with E-state index in [2.05, 4.69) is 34.1 Å². The van der Waals surface area contributed by atoms with E-state index in [0.717, 1.165) is 29.5 Å². The third-order valence-corrected chi connectivity index (χ3v) is 3.83. The van der Waals surface area contributed by atoms with Gasteiger partial charge in [0.15, 0.2) is 5.82 Å². The number of hydrogen-bond donors (Lipinski definition) is 1. The van der Waals surface area contributed by atoms with Crippen LogP contribution in [0.3, 0.4) is 0 Å². The highest BCUT2D eigenvalue weighted by Gasteiger charge is 2.22. The van der Waals surface area contributed by atoms with Crippen molar-refractivity contribution in [3.05, 3.63) is 42.0 Å². The van der Waals surface area contributed by atoms with E-state index in [1.807, 2.05) is 18.3 Å². The predicted octanol–water partition coefficient (Wildman–Crippen LogP) is 2.91. The van der Waals surface area contributed by atoms with Crippen LogP contribution in [0.4, 0.5) is 0 Å². The van der Waals surface area contributed by atoms with Crippen molar-refractivity contribution in [1.82, 2.24) is 20.3 Å². The number of nitrogens with one attached hydrogen (secondary N) is 1. The molecule has 1 aliphatic rings. The van der Waals surface area contributed by atoms with Gasteiger partial charge in [-0.25, -0.2) is 9.97 Å². The largest absolute Gasteiger partial charge is 0.310 e. The Morgan fingerprint density at radius 1 is 1.30 bits per heavy atom. The molecule has 0 radical (unpaired) electrons. The van der Waals surface area contributed by atoms with Gasteiger partial charge in [-0.15, -0.1) is 0 Å². The number of nitrogens with zero attached hydrogens (tertiary/aromatic N) is 3. The van der Waals surface area contributed by atoms with Crippen molar-refractivity contribution in [2.45, 2.75) is 32.7 Å². The molecule has 1 N–H and O–H groups in total. The lowest BCUT2D eigenvalue weighted by Crippen LogP contribution is -2.22. The SMILES string of the molecule is Cc1nc(-c2ccncc2)ncc1[C@@H](C)NCC1CC1. The molecule has 0 bridgehead atoms. The molecule has 2 aromatic heterocycles. The summed E-state index contributed by atoms with van der Waals surface area (Å²) in [5, 5.41) is 3.57. The molecule has 2 heterocycles. The minimum Gasteiger partial charge on any atom is -0.310 e. The van der Waals surface area contributed by atoms with E-state index >= 15 is 0 Å². The van der Waals surface area contributed by atoms with E-state index in [4.69, 9.17) is 0 Å². The first kappa shape index (κ1) is 13.2. The Balaban J connectivity index is 1.76. The smallest absolute Gasteiger partial charge is 0.159 e. The molecule has 4 heteroatoms. The number of aryl methyl sites for hydroxylation is 1. The maximum atomic E-state index is 4.63. The standard InChI is InChI=1S/C16H20N4/c1-11(18-9-13-3-4-13)15-10-19-16(20-12(15)2)14-5-7-17-8-6-14/h5-8,10-11,13,18H,3-4,9H2,1-2H3/t11-/m1/s1. The second-order valence-electron chi connectivity index (χ2n) is 5.54. The molecule has 1 saturated carbocycles. The molecule has 3 rings (SSSR count). The summed E-state index contributed by atoms with van der Waals surface area (Å²) in [6.45, 7) is 5.34. The summed E-state index contributed by atoms with van der Waals surface area (Å²) in [5.74, 6) is 1.65. The molecule has 0 saturated heterocycles. The van der Waals surface area contributed by atoms with Crippen LogP contribution in [0.5, 0.6) is 0 Å². The van der Waals surface area contributed by atoms with E-state index in [0.29, 0.717) is 6.04 Å². The zero-order valence-corrected chi connectivity index (χ0v) is 12.0. The number of rotatable bonds is 5. The summed E-state index contributed by atoms with van der Waals surface area (Å²) in [7, 11) is 0. The van der Waals surface area contributed by atoms with Gasteiger partial charge in [-0.05, 0) is 51.3 Å². The van der Waals surface area contributed by atoms with Gasteiger partial charge in [0.05, 0.1) is 0 Å². The topological polar surface area (TPSA) is 50.7 Å². The highest BCUT2D eigenvalue weighted by atomic mass is 14.9. The van der Waals surface area contributed by atoms with E-state index in [1.165, 1.54) is 18.4 Å². The van der Waals surface area contributed by atoms with Gasteiger partial charge in [0.2, 0.25) is 0 Å². The van der Waals surface area contributed by atoms with Gasteiger partial charge in [0.1, 0.15) is 0 Å². The minimum absolute atomic E-state index is 0.307. The van der Waals surface area contributed by atoms with Gasteiger partial charge in [-0.1, -0.05) is 0 Å². The van der Waals surface area contributed by atoms with Gasteiger partial charge in [0.25, 0.3) is 0 Å². The fourth-order valence-electron chi connectivity index (χ4n) is 2.32. The average Bonchev–Trinajstić information content (AvgIpc) is 3.30. The van der Waals surface area contributed by atoms with Crippen LogP contribution in [0.25, 0.3) is 11.4 Å². The molecule has 104 valence electrons. The first-order valence-corrected chi connectivity index (χ1v) is 7.21. The normalized spacial score (nSPS) is 16.1. The van der Waals surface area contributed by atoms with Crippen LogP contribution in [0, 0.1) is 12.8 Å². The molecule has 4 nitrogen and oxygen atoms in total. The van der Waals surface area contributed by atoms with Crippen molar-refractivity contribution in [2.75, 3.05) is 6.54 Å². The molecule has 1 atom stereocenters. The molecule has 2 aromatic rings. The van der Waals surface area contributed by atoms with Crippen LogP contribution in [0.2, 0.25) is 0 Å². The van der Waals surface area contributed by atoms with E-state index in [-0.39, 0.29) is 0 Å². The lowest BCUT2D eigenvalue weighted by molar-refractivity contribution is 0.543. The highest BCUT2D eigenvalue weighted by Crippen LogP contribution is 2.28. The molecule has 1 aliphatic carbocycles. The molecule has 0 aliphatic heterocycles. The molecule has 20 heavy (non-hydrogen) atoms. The van der Waals surface area contributed by atoms with Gasteiger partial charge in [-0.3, -0.25) is 4.98 Å². The lowest BCUT2D eigenvalue weighted by atomic mass is 10.1. The van der Waals surface area contributed by atoms with Crippen molar-refractivity contribution in [3.8, 4) is 11.4 Å². The molecular weight excluding hydrogens is 248 g/mol. The van der Waals surface area contributed by atoms with Gasteiger partial charge in [-0.2, -0.15) is 0 Å². The Bertz CT molecular complexity index is 578. The summed E-state index contributed by atoms with van der Waals surface area (Å²) in [6, 6.07) is 4.17. The first-order chi connectivity index (χ1) is 9.74. The second kappa shape index (κ2) is 5.67. The predicted molar refractivity (Wildman–Crippen MR) is 79.1 cm³/mol. The average molecular weight is 268 g/mol. The number of aromatic nitrogens is 3. The Labute approximate surface area is 119 Å². The van der Waals surface area contributed by atoms with Crippen molar-refractivity contribution in [1.29, 1.82) is 0 Å². The van der Waals surface area contributed by atoms with E-state index in [1.54, 1.807) is 12.4 Å². The Morgan fingerprint density at radius 2 is 2.05 bits per heavy atom.